The lowest BCUT2D eigenvalue weighted by molar-refractivity contribution is -0.127. The predicted molar refractivity (Wildman–Crippen MR) is 116 cm³/mol. The van der Waals surface area contributed by atoms with E-state index in [1.165, 1.54) is 28.0 Å². The van der Waals surface area contributed by atoms with Crippen LogP contribution in [0.25, 0.3) is 10.2 Å². The number of benzene rings is 2. The summed E-state index contributed by atoms with van der Waals surface area (Å²) in [6, 6.07) is 14.8. The van der Waals surface area contributed by atoms with Crippen LogP contribution in [0.3, 0.4) is 0 Å². The van der Waals surface area contributed by atoms with E-state index in [9.17, 15) is 9.59 Å². The largest absolute Gasteiger partial charge is 0.325 e. The van der Waals surface area contributed by atoms with E-state index in [4.69, 9.17) is 11.6 Å². The van der Waals surface area contributed by atoms with Crippen molar-refractivity contribution in [1.29, 1.82) is 0 Å². The van der Waals surface area contributed by atoms with E-state index in [1.54, 1.807) is 31.3 Å². The Balaban J connectivity index is 1.47. The highest BCUT2D eigenvalue weighted by atomic mass is 35.5. The molecule has 0 bridgehead atoms. The second kappa shape index (κ2) is 7.90. The fourth-order valence-corrected chi connectivity index (χ4v) is 4.93. The molecule has 4 rings (SSSR count). The van der Waals surface area contributed by atoms with Gasteiger partial charge in [0.25, 0.3) is 0 Å². The number of anilines is 1. The molecule has 0 spiro atoms. The minimum absolute atomic E-state index is 0.0396. The molecular weight excluding hydrogens is 416 g/mol. The smallest absolute Gasteiger partial charge is 0.242 e. The van der Waals surface area contributed by atoms with Gasteiger partial charge in [-0.05, 0) is 24.3 Å². The van der Waals surface area contributed by atoms with E-state index in [-0.39, 0.29) is 18.2 Å². The van der Waals surface area contributed by atoms with Gasteiger partial charge in [-0.2, -0.15) is 4.99 Å². The Morgan fingerprint density at radius 3 is 2.79 bits per heavy atom. The Kier molecular flexibility index (Phi) is 5.34. The van der Waals surface area contributed by atoms with Crippen molar-refractivity contribution in [1.82, 2.24) is 9.88 Å². The number of thioether (sulfide) groups is 1. The van der Waals surface area contributed by atoms with Crippen LogP contribution < -0.4 is 5.32 Å². The maximum atomic E-state index is 12.5. The number of carbonyl (C=O) groups excluding carboxylic acids is 2. The highest BCUT2D eigenvalue weighted by Gasteiger charge is 2.37. The number of hydrogen-bond donors (Lipinski definition) is 1. The van der Waals surface area contributed by atoms with E-state index in [2.05, 4.69) is 15.3 Å². The highest BCUT2D eigenvalue weighted by Crippen LogP contribution is 2.34. The molecule has 1 aliphatic rings. The molecule has 2 aromatic carbocycles. The summed E-state index contributed by atoms with van der Waals surface area (Å²) >= 11 is 8.80. The SMILES string of the molecule is CN1C(=O)[C@H](CC(=O)Nc2ccccc2Cl)SC1=Nc1nc2ccccc2s1. The molecule has 6 nitrogen and oxygen atoms in total. The number of carbonyl (C=O) groups is 2. The number of rotatable bonds is 4. The van der Waals surface area contributed by atoms with Gasteiger partial charge >= 0.3 is 0 Å². The summed E-state index contributed by atoms with van der Waals surface area (Å²) in [7, 11) is 1.66. The summed E-state index contributed by atoms with van der Waals surface area (Å²) in [4.78, 5) is 35.4. The van der Waals surface area contributed by atoms with Gasteiger partial charge in [-0.3, -0.25) is 14.5 Å². The van der Waals surface area contributed by atoms with Crippen LogP contribution in [0.15, 0.2) is 53.5 Å². The Hall–Kier alpha value is -2.42. The van der Waals surface area contributed by atoms with Crippen LogP contribution in [0.5, 0.6) is 0 Å². The molecule has 1 saturated heterocycles. The fraction of sp³-hybridized carbons (Fsp3) is 0.158. The van der Waals surface area contributed by atoms with Gasteiger partial charge < -0.3 is 5.32 Å². The van der Waals surface area contributed by atoms with Crippen molar-refractivity contribution in [2.24, 2.45) is 4.99 Å². The second-order valence-electron chi connectivity index (χ2n) is 6.09. The topological polar surface area (TPSA) is 74.7 Å². The molecule has 28 heavy (non-hydrogen) atoms. The van der Waals surface area contributed by atoms with Gasteiger partial charge in [-0.1, -0.05) is 59.0 Å². The van der Waals surface area contributed by atoms with Crippen molar-refractivity contribution >= 4 is 72.7 Å². The molecule has 3 aromatic rings. The maximum Gasteiger partial charge on any atom is 0.242 e. The standard InChI is InChI=1S/C19H15ClN4O2S2/c1-24-17(26)15(10-16(25)21-12-7-3-2-6-11(12)20)28-19(24)23-18-22-13-8-4-5-9-14(13)27-18/h2-9,15H,10H2,1H3,(H,21,25)/t15-/m0/s1. The number of para-hydroxylation sites is 2. The van der Waals surface area contributed by atoms with Crippen LogP contribution in [-0.4, -0.2) is 39.2 Å². The van der Waals surface area contributed by atoms with E-state index < -0.39 is 5.25 Å². The molecular formula is C19H15ClN4O2S2. The number of nitrogens with zero attached hydrogens (tertiary/aromatic N) is 3. The summed E-state index contributed by atoms with van der Waals surface area (Å²) in [6.07, 6.45) is 0.0396. The van der Waals surface area contributed by atoms with Gasteiger partial charge in [0.1, 0.15) is 5.25 Å². The molecule has 1 aliphatic heterocycles. The fourth-order valence-electron chi connectivity index (χ4n) is 2.72. The molecule has 0 unspecified atom stereocenters. The summed E-state index contributed by atoms with van der Waals surface area (Å²) in [5.74, 6) is -0.423. The number of aromatic nitrogens is 1. The van der Waals surface area contributed by atoms with Gasteiger partial charge in [0.05, 0.1) is 20.9 Å². The average molecular weight is 431 g/mol. The highest BCUT2D eigenvalue weighted by molar-refractivity contribution is 8.15. The molecule has 142 valence electrons. The summed E-state index contributed by atoms with van der Waals surface area (Å²) < 4.78 is 1.04. The number of fused-ring (bicyclic) bond motifs is 1. The van der Waals surface area contributed by atoms with E-state index in [0.717, 1.165) is 10.2 Å². The van der Waals surface area contributed by atoms with Crippen molar-refractivity contribution in [2.75, 3.05) is 12.4 Å². The van der Waals surface area contributed by atoms with Crippen molar-refractivity contribution in [2.45, 2.75) is 11.7 Å². The lowest BCUT2D eigenvalue weighted by Gasteiger charge is -2.10. The van der Waals surface area contributed by atoms with Crippen molar-refractivity contribution in [3.05, 3.63) is 53.6 Å². The number of nitrogens with one attached hydrogen (secondary N) is 1. The summed E-state index contributed by atoms with van der Waals surface area (Å²) in [5, 5.41) is 3.81. The number of amides is 2. The molecule has 0 aliphatic carbocycles. The van der Waals surface area contributed by atoms with Gasteiger partial charge in [0.2, 0.25) is 16.9 Å². The zero-order valence-electron chi connectivity index (χ0n) is 14.8. The van der Waals surface area contributed by atoms with E-state index >= 15 is 0 Å². The van der Waals surface area contributed by atoms with Crippen LogP contribution in [0, 0.1) is 0 Å². The number of thiazole rings is 1. The number of aliphatic imine (C=N–C) groups is 1. The first-order valence-corrected chi connectivity index (χ1v) is 10.5. The molecule has 1 atom stereocenters. The Morgan fingerprint density at radius 2 is 2.00 bits per heavy atom. The van der Waals surface area contributed by atoms with Crippen molar-refractivity contribution < 1.29 is 9.59 Å². The van der Waals surface area contributed by atoms with Crippen molar-refractivity contribution in [3.8, 4) is 0 Å². The zero-order valence-corrected chi connectivity index (χ0v) is 17.1. The summed E-state index contributed by atoms with van der Waals surface area (Å²) in [5.41, 5.74) is 1.40. The Labute approximate surface area is 174 Å². The van der Waals surface area contributed by atoms with Crippen LogP contribution in [0.1, 0.15) is 6.42 Å². The monoisotopic (exact) mass is 430 g/mol. The first-order chi connectivity index (χ1) is 13.5. The molecule has 0 radical (unpaired) electrons. The van der Waals surface area contributed by atoms with Crippen LogP contribution >= 0.6 is 34.7 Å². The first-order valence-electron chi connectivity index (χ1n) is 8.44. The van der Waals surface area contributed by atoms with Gasteiger partial charge in [0.15, 0.2) is 5.17 Å². The minimum atomic E-state index is -0.527. The Bertz CT molecular complexity index is 1070. The first kappa shape index (κ1) is 18.9. The second-order valence-corrected chi connectivity index (χ2v) is 8.68. The van der Waals surface area contributed by atoms with Gasteiger partial charge in [-0.15, -0.1) is 0 Å². The molecule has 9 heteroatoms. The number of hydrogen-bond acceptors (Lipinski definition) is 6. The Morgan fingerprint density at radius 1 is 1.25 bits per heavy atom. The molecule has 1 aromatic heterocycles. The van der Waals surface area contributed by atoms with Crippen LogP contribution in [0.2, 0.25) is 5.02 Å². The van der Waals surface area contributed by atoms with Gasteiger partial charge in [0, 0.05) is 13.5 Å². The third-order valence-electron chi connectivity index (χ3n) is 4.13. The zero-order chi connectivity index (χ0) is 19.7. The van der Waals surface area contributed by atoms with Crippen molar-refractivity contribution in [3.63, 3.8) is 0 Å². The molecule has 1 N–H and O–H groups in total. The lowest BCUT2D eigenvalue weighted by Crippen LogP contribution is -2.30. The number of halogens is 1. The third kappa shape index (κ3) is 3.89. The maximum absolute atomic E-state index is 12.5. The molecule has 0 saturated carbocycles. The van der Waals surface area contributed by atoms with Crippen LogP contribution in [-0.2, 0) is 9.59 Å². The quantitative estimate of drug-likeness (QED) is 0.659. The lowest BCUT2D eigenvalue weighted by atomic mass is 10.2. The predicted octanol–water partition coefficient (Wildman–Crippen LogP) is 4.54. The van der Waals surface area contributed by atoms with E-state index in [1.807, 2.05) is 24.3 Å². The summed E-state index contributed by atoms with van der Waals surface area (Å²) in [6.45, 7) is 0. The third-order valence-corrected chi connectivity index (χ3v) is 6.62. The normalized spacial score (nSPS) is 18.2. The van der Waals surface area contributed by atoms with Gasteiger partial charge in [-0.25, -0.2) is 4.98 Å². The van der Waals surface area contributed by atoms with E-state index in [0.29, 0.717) is 21.0 Å². The molecule has 2 heterocycles. The van der Waals surface area contributed by atoms with Crippen LogP contribution in [0.4, 0.5) is 10.8 Å². The average Bonchev–Trinajstić information content (AvgIpc) is 3.20. The minimum Gasteiger partial charge on any atom is -0.325 e. The molecule has 1 fully saturated rings. The number of amidine groups is 1. The molecule has 2 amide bonds.